The Labute approximate surface area is 378 Å². The summed E-state index contributed by atoms with van der Waals surface area (Å²) in [5.41, 5.74) is 12.2. The zero-order valence-electron chi connectivity index (χ0n) is 34.7. The largest absolute Gasteiger partial charge is 0.457 e. The number of aromatic nitrogens is 4. The van der Waals surface area contributed by atoms with E-state index >= 15 is 0 Å². The summed E-state index contributed by atoms with van der Waals surface area (Å²) in [5, 5.41) is 5.72. The predicted octanol–water partition coefficient (Wildman–Crippen LogP) is 15.1. The van der Waals surface area contributed by atoms with Crippen LogP contribution in [0.1, 0.15) is 22.3 Å². The third-order valence-electron chi connectivity index (χ3n) is 13.4. The van der Waals surface area contributed by atoms with Gasteiger partial charge in [-0.3, -0.25) is 0 Å². The normalized spacial score (nSPS) is 13.2. The predicted molar refractivity (Wildman–Crippen MR) is 265 cm³/mol. The molecule has 0 fully saturated rings. The molecule has 0 saturated heterocycles. The maximum absolute atomic E-state index is 6.67. The number of nitrogens with zero attached hydrogens (tertiary/aromatic N) is 4. The van der Waals surface area contributed by atoms with Crippen molar-refractivity contribution >= 4 is 53.2 Å². The SMILES string of the molecule is c1ccc(-c2nc(-c3ccc4c(c3)nc(-c3ccccc3)c3cc5c(cc34)C3(c4ccccc4Oc4ccccc43)c3ccccc3-5)nc(-c3cccc4c3sc3ccccc34)n2)cc1. The number of rotatable bonds is 4. The minimum absolute atomic E-state index is 0.593. The Morgan fingerprint density at radius 2 is 0.969 bits per heavy atom. The van der Waals surface area contributed by atoms with Gasteiger partial charge in [-0.25, -0.2) is 19.9 Å². The zero-order chi connectivity index (χ0) is 42.6. The van der Waals surface area contributed by atoms with Crippen LogP contribution >= 0.6 is 11.3 Å². The second kappa shape index (κ2) is 13.8. The molecule has 0 amide bonds. The van der Waals surface area contributed by atoms with Crippen molar-refractivity contribution in [3.8, 4) is 68.0 Å². The summed E-state index contributed by atoms with van der Waals surface area (Å²) in [4.78, 5) is 21.2. The first kappa shape index (κ1) is 36.2. The molecule has 1 spiro atoms. The highest BCUT2D eigenvalue weighted by Gasteiger charge is 2.51. The molecule has 4 heterocycles. The molecule has 0 N–H and O–H groups in total. The number of hydrogen-bond donors (Lipinski definition) is 0. The molecular formula is C59H34N4OS. The second-order valence-electron chi connectivity index (χ2n) is 16.8. The summed E-state index contributed by atoms with van der Waals surface area (Å²) >= 11 is 1.78. The van der Waals surface area contributed by atoms with E-state index in [-0.39, 0.29) is 0 Å². The minimum atomic E-state index is -0.597. The van der Waals surface area contributed by atoms with Crippen molar-refractivity contribution in [3.63, 3.8) is 0 Å². The molecule has 0 radical (unpaired) electrons. The quantitative estimate of drug-likeness (QED) is 0.165. The van der Waals surface area contributed by atoms with Gasteiger partial charge in [-0.05, 0) is 70.1 Å². The summed E-state index contributed by atoms with van der Waals surface area (Å²) in [6.45, 7) is 0. The monoisotopic (exact) mass is 846 g/mol. The van der Waals surface area contributed by atoms with E-state index in [1.807, 2.05) is 18.2 Å². The first-order valence-corrected chi connectivity index (χ1v) is 22.7. The van der Waals surface area contributed by atoms with Crippen LogP contribution in [0.15, 0.2) is 206 Å². The Balaban J connectivity index is 1.03. The molecule has 65 heavy (non-hydrogen) atoms. The van der Waals surface area contributed by atoms with E-state index in [9.17, 15) is 0 Å². The minimum Gasteiger partial charge on any atom is -0.457 e. The number of thiophene rings is 1. The van der Waals surface area contributed by atoms with Gasteiger partial charge in [0.15, 0.2) is 17.5 Å². The van der Waals surface area contributed by atoms with Crippen LogP contribution in [0.25, 0.3) is 98.4 Å². The van der Waals surface area contributed by atoms with E-state index in [1.54, 1.807) is 11.3 Å². The standard InChI is InChI=1S/C59H34N4OS/c1-3-16-35(17-4-1)54-45-33-44-38-20-7-9-24-46(38)59(47-25-10-12-27-51(47)64-52-28-13-11-26-48(52)59)49(44)34-43(45)39-31-30-37(32-50(39)60-54)57-61-56(36-18-5-2-6-19-36)62-58(63-57)42-23-15-22-41-40-21-8-14-29-53(40)65-55(41)42/h1-34H. The molecule has 9 aromatic carbocycles. The smallest absolute Gasteiger partial charge is 0.165 e. The van der Waals surface area contributed by atoms with Gasteiger partial charge in [0.1, 0.15) is 11.5 Å². The van der Waals surface area contributed by atoms with Gasteiger partial charge in [0, 0.05) is 64.3 Å². The molecule has 6 heteroatoms. The lowest BCUT2D eigenvalue weighted by Gasteiger charge is -2.39. The number of pyridine rings is 1. The van der Waals surface area contributed by atoms with E-state index in [1.165, 1.54) is 37.7 Å². The highest BCUT2D eigenvalue weighted by atomic mass is 32.1. The van der Waals surface area contributed by atoms with Gasteiger partial charge in [0.2, 0.25) is 0 Å². The van der Waals surface area contributed by atoms with Crippen molar-refractivity contribution in [2.45, 2.75) is 5.41 Å². The van der Waals surface area contributed by atoms with Crippen LogP contribution in [-0.2, 0) is 5.41 Å². The van der Waals surface area contributed by atoms with E-state index in [4.69, 9.17) is 24.7 Å². The van der Waals surface area contributed by atoms with Crippen molar-refractivity contribution in [1.29, 1.82) is 0 Å². The lowest BCUT2D eigenvalue weighted by atomic mass is 9.66. The van der Waals surface area contributed by atoms with Crippen LogP contribution in [0, 0.1) is 0 Å². The highest BCUT2D eigenvalue weighted by molar-refractivity contribution is 7.26. The van der Waals surface area contributed by atoms with Gasteiger partial charge >= 0.3 is 0 Å². The third kappa shape index (κ3) is 5.26. The first-order valence-electron chi connectivity index (χ1n) is 21.9. The Hall–Kier alpha value is -8.32. The van der Waals surface area contributed by atoms with Crippen molar-refractivity contribution in [3.05, 3.63) is 229 Å². The lowest BCUT2D eigenvalue weighted by molar-refractivity contribution is 0.436. The van der Waals surface area contributed by atoms with E-state index in [0.717, 1.165) is 76.9 Å². The second-order valence-corrected chi connectivity index (χ2v) is 17.9. The highest BCUT2D eigenvalue weighted by Crippen LogP contribution is 2.62. The number of ether oxygens (including phenoxy) is 1. The van der Waals surface area contributed by atoms with Crippen molar-refractivity contribution in [1.82, 2.24) is 19.9 Å². The van der Waals surface area contributed by atoms with E-state index in [0.29, 0.717) is 17.5 Å². The number of para-hydroxylation sites is 2. The fraction of sp³-hybridized carbons (Fsp3) is 0.0169. The van der Waals surface area contributed by atoms with Crippen LogP contribution in [0.2, 0.25) is 0 Å². The molecular weight excluding hydrogens is 813 g/mol. The van der Waals surface area contributed by atoms with Gasteiger partial charge in [0.25, 0.3) is 0 Å². The van der Waals surface area contributed by atoms with Gasteiger partial charge in [-0.1, -0.05) is 164 Å². The fourth-order valence-corrected chi connectivity index (χ4v) is 11.8. The lowest BCUT2D eigenvalue weighted by Crippen LogP contribution is -2.32. The molecule has 0 saturated carbocycles. The third-order valence-corrected chi connectivity index (χ3v) is 14.6. The average Bonchev–Trinajstić information content (AvgIpc) is 3.89. The maximum Gasteiger partial charge on any atom is 0.165 e. The Morgan fingerprint density at radius 3 is 1.75 bits per heavy atom. The molecule has 3 aromatic heterocycles. The maximum atomic E-state index is 6.67. The summed E-state index contributed by atoms with van der Waals surface area (Å²) in [6.07, 6.45) is 0. The van der Waals surface area contributed by atoms with E-state index in [2.05, 4.69) is 188 Å². The Kier molecular flexibility index (Phi) is 7.71. The van der Waals surface area contributed by atoms with Crippen LogP contribution in [0.4, 0.5) is 0 Å². The van der Waals surface area contributed by atoms with Gasteiger partial charge in [-0.15, -0.1) is 11.3 Å². The molecule has 12 aromatic rings. The average molecular weight is 847 g/mol. The van der Waals surface area contributed by atoms with Crippen molar-refractivity contribution in [2.75, 3.05) is 0 Å². The summed E-state index contributed by atoms with van der Waals surface area (Å²) in [7, 11) is 0. The van der Waals surface area contributed by atoms with Gasteiger partial charge < -0.3 is 4.74 Å². The zero-order valence-corrected chi connectivity index (χ0v) is 35.6. The van der Waals surface area contributed by atoms with Crippen LogP contribution < -0.4 is 4.74 Å². The summed E-state index contributed by atoms with van der Waals surface area (Å²) in [5.74, 6) is 3.60. The van der Waals surface area contributed by atoms with E-state index < -0.39 is 5.41 Å². The van der Waals surface area contributed by atoms with Crippen molar-refractivity contribution < 1.29 is 4.74 Å². The van der Waals surface area contributed by atoms with Crippen LogP contribution in [0.3, 0.4) is 0 Å². The fourth-order valence-electron chi connectivity index (χ4n) is 10.6. The molecule has 0 atom stereocenters. The first-order chi connectivity index (χ1) is 32.2. The molecule has 1 aliphatic heterocycles. The number of fused-ring (bicyclic) bond motifs is 15. The molecule has 14 rings (SSSR count). The Morgan fingerprint density at radius 1 is 0.354 bits per heavy atom. The summed E-state index contributed by atoms with van der Waals surface area (Å²) < 4.78 is 9.06. The topological polar surface area (TPSA) is 60.8 Å². The van der Waals surface area contributed by atoms with Gasteiger partial charge in [0.05, 0.1) is 16.6 Å². The molecule has 1 aliphatic carbocycles. The Bertz CT molecular complexity index is 3890. The van der Waals surface area contributed by atoms with Gasteiger partial charge in [-0.2, -0.15) is 0 Å². The van der Waals surface area contributed by atoms with Crippen LogP contribution in [-0.4, -0.2) is 19.9 Å². The molecule has 5 nitrogen and oxygen atoms in total. The van der Waals surface area contributed by atoms with Crippen LogP contribution in [0.5, 0.6) is 11.5 Å². The molecule has 0 bridgehead atoms. The number of benzene rings is 9. The molecule has 302 valence electrons. The molecule has 2 aliphatic rings. The summed E-state index contributed by atoms with van der Waals surface area (Å²) in [6, 6.07) is 73.0. The number of hydrogen-bond acceptors (Lipinski definition) is 6. The van der Waals surface area contributed by atoms with Crippen molar-refractivity contribution in [2.24, 2.45) is 0 Å². The molecule has 0 unspecified atom stereocenters.